The van der Waals surface area contributed by atoms with Crippen molar-refractivity contribution in [3.05, 3.63) is 53.1 Å². The third-order valence-electron chi connectivity index (χ3n) is 4.61. The summed E-state index contributed by atoms with van der Waals surface area (Å²) < 4.78 is 5.89. The first-order valence-electron chi connectivity index (χ1n) is 11.1. The fraction of sp³-hybridized carbons (Fsp3) is 0.417. The van der Waals surface area contributed by atoms with Gasteiger partial charge in [0.05, 0.1) is 6.61 Å². The van der Waals surface area contributed by atoms with Crippen LogP contribution < -0.4 is 10.5 Å². The van der Waals surface area contributed by atoms with Crippen LogP contribution in [0.5, 0.6) is 5.75 Å². The smallest absolute Gasteiger partial charge is 0.328 e. The number of rotatable bonds is 11. The summed E-state index contributed by atoms with van der Waals surface area (Å²) in [5, 5.41) is 32.0. The van der Waals surface area contributed by atoms with Crippen LogP contribution in [0.15, 0.2) is 42.5 Å². The van der Waals surface area contributed by atoms with E-state index in [0.717, 1.165) is 56.4 Å². The zero-order chi connectivity index (χ0) is 27.5. The number of nitrogens with two attached hydrogens (primary N) is 1. The SMILES string of the molecule is CCCCOc1ccc(Cl)cc1CN1CC[C@@H](CN)C1.O=C(O)/C=C/C(=O)O.O=C(O)/C=C/C(=O)O. The van der Waals surface area contributed by atoms with Crippen LogP contribution in [0.4, 0.5) is 0 Å². The quantitative estimate of drug-likeness (QED) is 0.210. The number of ether oxygens (including phenoxy) is 1. The van der Waals surface area contributed by atoms with Gasteiger partial charge in [0.25, 0.3) is 0 Å². The van der Waals surface area contributed by atoms with Gasteiger partial charge in [0.1, 0.15) is 5.75 Å². The number of hydrogen-bond donors (Lipinski definition) is 5. The normalized spacial score (nSPS) is 15.0. The van der Waals surface area contributed by atoms with Crippen molar-refractivity contribution < 1.29 is 44.3 Å². The zero-order valence-electron chi connectivity index (χ0n) is 20.0. The molecule has 1 aromatic carbocycles. The van der Waals surface area contributed by atoms with E-state index in [0.29, 0.717) is 30.2 Å². The van der Waals surface area contributed by atoms with Crippen LogP contribution in [-0.4, -0.2) is 75.4 Å². The van der Waals surface area contributed by atoms with Crippen molar-refractivity contribution in [3.8, 4) is 5.75 Å². The Morgan fingerprint density at radius 1 is 1.03 bits per heavy atom. The molecule has 0 aromatic heterocycles. The maximum Gasteiger partial charge on any atom is 0.328 e. The molecule has 1 saturated heterocycles. The molecule has 0 amide bonds. The second-order valence-corrected chi connectivity index (χ2v) is 8.04. The maximum absolute atomic E-state index is 9.55. The number of halogens is 1. The minimum Gasteiger partial charge on any atom is -0.493 e. The van der Waals surface area contributed by atoms with Gasteiger partial charge in [-0.15, -0.1) is 0 Å². The predicted octanol–water partition coefficient (Wildman–Crippen LogP) is 2.72. The van der Waals surface area contributed by atoms with Crippen molar-refractivity contribution in [1.29, 1.82) is 0 Å². The third kappa shape index (κ3) is 17.1. The molecular weight excluding hydrogens is 496 g/mol. The van der Waals surface area contributed by atoms with Crippen molar-refractivity contribution in [3.63, 3.8) is 0 Å². The number of aliphatic carboxylic acids is 4. The lowest BCUT2D eigenvalue weighted by Crippen LogP contribution is -2.23. The Kier molecular flexibility index (Phi) is 17.1. The van der Waals surface area contributed by atoms with Crippen molar-refractivity contribution in [2.75, 3.05) is 26.2 Å². The van der Waals surface area contributed by atoms with Crippen LogP contribution in [0, 0.1) is 5.92 Å². The molecule has 1 aliphatic rings. The summed E-state index contributed by atoms with van der Waals surface area (Å²) in [6.45, 7) is 6.82. The van der Waals surface area contributed by atoms with E-state index in [1.54, 1.807) is 0 Å². The van der Waals surface area contributed by atoms with Crippen molar-refractivity contribution in [2.45, 2.75) is 32.7 Å². The molecule has 1 fully saturated rings. The maximum atomic E-state index is 9.55. The largest absolute Gasteiger partial charge is 0.493 e. The first kappa shape index (κ1) is 32.6. The Morgan fingerprint density at radius 2 is 1.56 bits per heavy atom. The monoisotopic (exact) mass is 528 g/mol. The minimum atomic E-state index is -1.26. The van der Waals surface area contributed by atoms with Crippen LogP contribution in [0.2, 0.25) is 5.02 Å². The second-order valence-electron chi connectivity index (χ2n) is 7.60. The molecule has 2 rings (SSSR count). The fourth-order valence-corrected chi connectivity index (χ4v) is 3.11. The molecule has 0 saturated carbocycles. The topological polar surface area (TPSA) is 188 Å². The van der Waals surface area contributed by atoms with Crippen LogP contribution >= 0.6 is 11.6 Å². The van der Waals surface area contributed by atoms with Crippen LogP contribution in [0.3, 0.4) is 0 Å². The van der Waals surface area contributed by atoms with Gasteiger partial charge in [-0.3, -0.25) is 4.90 Å². The van der Waals surface area contributed by atoms with Gasteiger partial charge in [0.2, 0.25) is 0 Å². The molecule has 0 aliphatic carbocycles. The number of unbranched alkanes of at least 4 members (excludes halogenated alkanes) is 1. The van der Waals surface area contributed by atoms with E-state index in [-0.39, 0.29) is 0 Å². The highest BCUT2D eigenvalue weighted by Crippen LogP contribution is 2.27. The molecular formula is C24H33ClN2O9. The van der Waals surface area contributed by atoms with Crippen molar-refractivity contribution in [2.24, 2.45) is 11.7 Å². The van der Waals surface area contributed by atoms with Crippen LogP contribution in [0.1, 0.15) is 31.7 Å². The molecule has 0 radical (unpaired) electrons. The molecule has 0 unspecified atom stereocenters. The molecule has 1 aromatic rings. The summed E-state index contributed by atoms with van der Waals surface area (Å²) in [6.07, 6.45) is 5.66. The van der Waals surface area contributed by atoms with E-state index >= 15 is 0 Å². The molecule has 11 nitrogen and oxygen atoms in total. The van der Waals surface area contributed by atoms with E-state index in [9.17, 15) is 19.2 Å². The van der Waals surface area contributed by atoms with E-state index in [2.05, 4.69) is 11.8 Å². The third-order valence-corrected chi connectivity index (χ3v) is 4.85. The first-order valence-corrected chi connectivity index (χ1v) is 11.5. The molecule has 1 heterocycles. The molecule has 6 N–H and O–H groups in total. The van der Waals surface area contributed by atoms with Gasteiger partial charge in [-0.05, 0) is 50.0 Å². The molecule has 200 valence electrons. The molecule has 0 bridgehead atoms. The Balaban J connectivity index is 0.000000634. The van der Waals surface area contributed by atoms with Gasteiger partial charge >= 0.3 is 23.9 Å². The van der Waals surface area contributed by atoms with Gasteiger partial charge in [-0.2, -0.15) is 0 Å². The second kappa shape index (κ2) is 18.9. The van der Waals surface area contributed by atoms with Gasteiger partial charge in [0, 0.05) is 48.0 Å². The van der Waals surface area contributed by atoms with Crippen molar-refractivity contribution >= 4 is 35.5 Å². The average molecular weight is 529 g/mol. The number of carbonyl (C=O) groups is 4. The number of benzene rings is 1. The van der Waals surface area contributed by atoms with Crippen LogP contribution in [-0.2, 0) is 25.7 Å². The van der Waals surface area contributed by atoms with Crippen LogP contribution in [0.25, 0.3) is 0 Å². The Bertz CT molecular complexity index is 853. The number of carboxylic acids is 4. The molecule has 1 atom stereocenters. The molecule has 36 heavy (non-hydrogen) atoms. The number of hydrogen-bond acceptors (Lipinski definition) is 7. The Hall–Kier alpha value is -3.41. The summed E-state index contributed by atoms with van der Waals surface area (Å²) in [6, 6.07) is 5.92. The highest BCUT2D eigenvalue weighted by molar-refractivity contribution is 6.30. The molecule has 0 spiro atoms. The summed E-state index contributed by atoms with van der Waals surface area (Å²) in [7, 11) is 0. The molecule has 12 heteroatoms. The lowest BCUT2D eigenvalue weighted by molar-refractivity contribution is -0.134. The number of likely N-dealkylation sites (tertiary alicyclic amines) is 1. The van der Waals surface area contributed by atoms with Crippen molar-refractivity contribution in [1.82, 2.24) is 4.90 Å². The van der Waals surface area contributed by atoms with E-state index in [4.69, 9.17) is 42.5 Å². The minimum absolute atomic E-state index is 0.558. The highest BCUT2D eigenvalue weighted by atomic mass is 35.5. The lowest BCUT2D eigenvalue weighted by Gasteiger charge is -2.18. The highest BCUT2D eigenvalue weighted by Gasteiger charge is 2.22. The molecule has 1 aliphatic heterocycles. The lowest BCUT2D eigenvalue weighted by atomic mass is 10.1. The average Bonchev–Trinajstić information content (AvgIpc) is 3.26. The summed E-state index contributed by atoms with van der Waals surface area (Å²) >= 11 is 6.13. The van der Waals surface area contributed by atoms with Gasteiger partial charge in [-0.1, -0.05) is 24.9 Å². The Labute approximate surface area is 214 Å². The van der Waals surface area contributed by atoms with Gasteiger partial charge in [-0.25, -0.2) is 19.2 Å². The summed E-state index contributed by atoms with van der Waals surface area (Å²) in [4.78, 5) is 40.7. The zero-order valence-corrected chi connectivity index (χ0v) is 20.8. The van der Waals surface area contributed by atoms with E-state index < -0.39 is 23.9 Å². The number of carboxylic acid groups (broad SMARTS) is 4. The Morgan fingerprint density at radius 3 is 1.97 bits per heavy atom. The van der Waals surface area contributed by atoms with E-state index in [1.807, 2.05) is 18.2 Å². The number of nitrogens with zero attached hydrogens (tertiary/aromatic N) is 1. The van der Waals surface area contributed by atoms with E-state index in [1.165, 1.54) is 12.0 Å². The standard InChI is InChI=1S/C16H25ClN2O.2C4H4O4/c1-2-3-8-20-16-5-4-15(17)9-14(16)12-19-7-6-13(10-18)11-19;2*5-3(6)1-2-4(7)8/h4-5,9,13H,2-3,6-8,10-12,18H2,1H3;2*1-2H,(H,5,6)(H,7,8)/b;2*2-1+/t13-;;/m0../s1. The predicted molar refractivity (Wildman–Crippen MR) is 133 cm³/mol. The summed E-state index contributed by atoms with van der Waals surface area (Å²) in [5.74, 6) is -3.42. The summed E-state index contributed by atoms with van der Waals surface area (Å²) in [5.41, 5.74) is 6.94. The fourth-order valence-electron chi connectivity index (χ4n) is 2.91. The van der Waals surface area contributed by atoms with Gasteiger partial charge < -0.3 is 30.9 Å². The first-order chi connectivity index (χ1) is 17.0. The van der Waals surface area contributed by atoms with Gasteiger partial charge in [0.15, 0.2) is 0 Å².